The Morgan fingerprint density at radius 1 is 1.09 bits per heavy atom. The fourth-order valence-corrected chi connectivity index (χ4v) is 4.74. The number of hydrogen-bond donors (Lipinski definition) is 1. The molecule has 1 aliphatic rings. The summed E-state index contributed by atoms with van der Waals surface area (Å²) in [5.74, 6) is 5.17. The summed E-state index contributed by atoms with van der Waals surface area (Å²) < 4.78 is 20.8. The van der Waals surface area contributed by atoms with Crippen LogP contribution in [0.3, 0.4) is 0 Å². The Morgan fingerprint density at radius 3 is 2.32 bits per heavy atom. The Bertz CT molecular complexity index is 1430. The van der Waals surface area contributed by atoms with Crippen LogP contribution in [0.1, 0.15) is 33.5 Å². The van der Waals surface area contributed by atoms with Crippen molar-refractivity contribution in [2.24, 2.45) is 0 Å². The van der Waals surface area contributed by atoms with Crippen LogP contribution in [-0.4, -0.2) is 37.2 Å². The molecule has 4 rings (SSSR count). The molecule has 1 aliphatic heterocycles. The van der Waals surface area contributed by atoms with Gasteiger partial charge in [-0.2, -0.15) is 15.5 Å². The van der Waals surface area contributed by atoms with E-state index < -0.39 is 9.71 Å². The van der Waals surface area contributed by atoms with Crippen LogP contribution >= 0.6 is 0 Å². The molecule has 3 aromatic rings. The molecule has 1 atom stereocenters. The number of fused-ring (bicyclic) bond motifs is 1. The van der Waals surface area contributed by atoms with Gasteiger partial charge in [0.15, 0.2) is 0 Å². The third-order valence-electron chi connectivity index (χ3n) is 5.59. The second-order valence-electron chi connectivity index (χ2n) is 8.32. The van der Waals surface area contributed by atoms with Gasteiger partial charge in [-0.3, -0.25) is 4.21 Å². The summed E-state index contributed by atoms with van der Waals surface area (Å²) in [7, 11) is -2.40. The molecule has 0 saturated heterocycles. The van der Waals surface area contributed by atoms with E-state index in [9.17, 15) is 9.47 Å². The highest BCUT2D eigenvalue weighted by atomic mass is 32.2. The monoisotopic (exact) mass is 472 g/mol. The third-order valence-corrected chi connectivity index (χ3v) is 7.00. The second-order valence-corrected chi connectivity index (χ2v) is 10.8. The van der Waals surface area contributed by atoms with Crippen LogP contribution in [0.4, 0.5) is 11.6 Å². The lowest BCUT2D eigenvalue weighted by Gasteiger charge is -2.30. The number of hydrogen-bond acceptors (Lipinski definition) is 7. The van der Waals surface area contributed by atoms with Crippen LogP contribution in [0.25, 0.3) is 0 Å². The van der Waals surface area contributed by atoms with Gasteiger partial charge < -0.3 is 10.1 Å². The van der Waals surface area contributed by atoms with E-state index in [0.29, 0.717) is 48.2 Å². The molecule has 172 valence electrons. The summed E-state index contributed by atoms with van der Waals surface area (Å²) in [6.07, 6.45) is 2.19. The molecule has 9 heteroatoms. The van der Waals surface area contributed by atoms with Gasteiger partial charge in [0.2, 0.25) is 11.8 Å². The molecule has 2 heterocycles. The quantitative estimate of drug-likeness (QED) is 0.558. The van der Waals surface area contributed by atoms with Gasteiger partial charge in [-0.25, -0.2) is 9.29 Å². The van der Waals surface area contributed by atoms with Crippen LogP contribution in [0.2, 0.25) is 0 Å². The summed E-state index contributed by atoms with van der Waals surface area (Å²) >= 11 is 0. The zero-order chi connectivity index (χ0) is 24.5. The van der Waals surface area contributed by atoms with Crippen molar-refractivity contribution in [2.75, 3.05) is 18.1 Å². The van der Waals surface area contributed by atoms with E-state index in [0.717, 1.165) is 28.1 Å². The van der Waals surface area contributed by atoms with Gasteiger partial charge in [0, 0.05) is 41.2 Å². The van der Waals surface area contributed by atoms with E-state index in [4.69, 9.17) is 15.0 Å². The summed E-state index contributed by atoms with van der Waals surface area (Å²) in [5, 5.41) is 21.5. The van der Waals surface area contributed by atoms with E-state index in [1.54, 1.807) is 42.7 Å². The largest absolute Gasteiger partial charge is 0.438 e. The van der Waals surface area contributed by atoms with Crippen molar-refractivity contribution in [3.8, 4) is 23.8 Å². The molecule has 0 aliphatic carbocycles. The minimum absolute atomic E-state index is 0.356. The average Bonchev–Trinajstić information content (AvgIpc) is 2.80. The predicted molar refractivity (Wildman–Crippen MR) is 132 cm³/mol. The van der Waals surface area contributed by atoms with Gasteiger partial charge in [-0.1, -0.05) is 0 Å². The van der Waals surface area contributed by atoms with Crippen LogP contribution in [0.15, 0.2) is 36.4 Å². The molecule has 0 fully saturated rings. The van der Waals surface area contributed by atoms with Gasteiger partial charge in [0.05, 0.1) is 34.5 Å². The van der Waals surface area contributed by atoms with E-state index in [1.165, 1.54) is 0 Å². The number of nitrogens with zero attached hydrogens (tertiary/aromatic N) is 5. The number of benzene rings is 2. The Hall–Kier alpha value is -3.92. The molecule has 0 bridgehead atoms. The van der Waals surface area contributed by atoms with Crippen molar-refractivity contribution in [2.45, 2.75) is 26.8 Å². The first-order valence-corrected chi connectivity index (χ1v) is 12.7. The molecular weight excluding hydrogens is 448 g/mol. The number of aromatic nitrogens is 2. The molecular formula is C25H24N6O2S. The Balaban J connectivity index is 1.77. The number of ether oxygens (including phenoxy) is 1. The molecule has 8 nitrogen and oxygen atoms in total. The van der Waals surface area contributed by atoms with Crippen molar-refractivity contribution < 1.29 is 8.95 Å². The lowest BCUT2D eigenvalue weighted by molar-refractivity contribution is 0.387. The second kappa shape index (κ2) is 9.14. The summed E-state index contributed by atoms with van der Waals surface area (Å²) in [6, 6.07) is 14.8. The predicted octanol–water partition coefficient (Wildman–Crippen LogP) is 3.99. The highest BCUT2D eigenvalue weighted by Gasteiger charge is 2.27. The Morgan fingerprint density at radius 2 is 1.74 bits per heavy atom. The first-order valence-electron chi connectivity index (χ1n) is 10.6. The van der Waals surface area contributed by atoms with Crippen LogP contribution in [-0.2, 0) is 22.7 Å². The van der Waals surface area contributed by atoms with E-state index in [1.807, 2.05) is 18.2 Å². The van der Waals surface area contributed by atoms with Gasteiger partial charge in [0.1, 0.15) is 5.75 Å². The summed E-state index contributed by atoms with van der Waals surface area (Å²) in [4.78, 5) is 9.34. The standard InChI is InChI=1S/C25H24N6O2S/c1-16-11-19(14-27)12-17(2)23(16)33-24-21-15-31(34(3,4)32)10-9-22(21)29-25(30-24)28-20-7-5-18(13-26)6-8-20/h5-8,11-12H,3,9-10,15H2,1-2,4H3,(H,28,29,30). The van der Waals surface area contributed by atoms with Gasteiger partial charge in [-0.05, 0) is 67.2 Å². The molecule has 0 saturated carbocycles. The van der Waals surface area contributed by atoms with Gasteiger partial charge in [-0.15, -0.1) is 0 Å². The maximum atomic E-state index is 12.6. The first-order chi connectivity index (χ1) is 16.2. The number of nitriles is 2. The fourth-order valence-electron chi connectivity index (χ4n) is 3.86. The molecule has 1 aromatic heterocycles. The van der Waals surface area contributed by atoms with Crippen molar-refractivity contribution in [3.63, 3.8) is 0 Å². The lowest BCUT2D eigenvalue weighted by Crippen LogP contribution is -2.36. The summed E-state index contributed by atoms with van der Waals surface area (Å²) in [5.41, 5.74) is 5.06. The maximum Gasteiger partial charge on any atom is 0.230 e. The lowest BCUT2D eigenvalue weighted by atomic mass is 10.1. The number of rotatable bonds is 5. The molecule has 34 heavy (non-hydrogen) atoms. The molecule has 1 N–H and O–H groups in total. The highest BCUT2D eigenvalue weighted by molar-refractivity contribution is 7.97. The molecule has 1 unspecified atom stereocenters. The van der Waals surface area contributed by atoms with Crippen molar-refractivity contribution in [1.82, 2.24) is 14.3 Å². The van der Waals surface area contributed by atoms with E-state index in [-0.39, 0.29) is 0 Å². The Kier molecular flexibility index (Phi) is 6.25. The number of nitrogens with one attached hydrogen (secondary N) is 1. The first kappa shape index (κ1) is 23.2. The average molecular weight is 473 g/mol. The van der Waals surface area contributed by atoms with Crippen molar-refractivity contribution in [3.05, 3.63) is 69.9 Å². The Labute approximate surface area is 199 Å². The minimum Gasteiger partial charge on any atom is -0.438 e. The number of anilines is 2. The van der Waals surface area contributed by atoms with Crippen molar-refractivity contribution >= 4 is 27.2 Å². The molecule has 0 amide bonds. The van der Waals surface area contributed by atoms with Crippen molar-refractivity contribution in [1.29, 1.82) is 10.5 Å². The minimum atomic E-state index is -2.40. The zero-order valence-electron chi connectivity index (χ0n) is 19.3. The number of aryl methyl sites for hydroxylation is 2. The normalized spacial score (nSPS) is 14.9. The van der Waals surface area contributed by atoms with Gasteiger partial charge >= 0.3 is 0 Å². The smallest absolute Gasteiger partial charge is 0.230 e. The van der Waals surface area contributed by atoms with Crippen LogP contribution in [0, 0.1) is 36.5 Å². The fraction of sp³-hybridized carbons (Fsp3) is 0.240. The van der Waals surface area contributed by atoms with Crippen LogP contribution < -0.4 is 10.1 Å². The van der Waals surface area contributed by atoms with Gasteiger partial charge in [0.25, 0.3) is 0 Å². The van der Waals surface area contributed by atoms with E-state index in [2.05, 4.69) is 28.3 Å². The summed E-state index contributed by atoms with van der Waals surface area (Å²) in [6.45, 7) is 4.68. The van der Waals surface area contributed by atoms with E-state index >= 15 is 0 Å². The molecule has 0 radical (unpaired) electrons. The van der Waals surface area contributed by atoms with Crippen LogP contribution in [0.5, 0.6) is 11.6 Å². The molecule has 2 aromatic carbocycles. The highest BCUT2D eigenvalue weighted by Crippen LogP contribution is 2.35. The SMILES string of the molecule is C=S(C)(=O)N1CCc2nc(Nc3ccc(C#N)cc3)nc(Oc3c(C)cc(C#N)cc3C)c2C1. The molecule has 0 spiro atoms. The topological polar surface area (TPSA) is 115 Å². The third kappa shape index (κ3) is 4.86. The zero-order valence-corrected chi connectivity index (χ0v) is 20.1. The maximum absolute atomic E-state index is 12.6.